The van der Waals surface area contributed by atoms with Crippen LogP contribution in [-0.4, -0.2) is 66.2 Å². The highest BCUT2D eigenvalue weighted by molar-refractivity contribution is 5.91. The standard InChI is InChI=1S/C12H22N6O2/c1-5-18(6-2)7-8-20-12(19)10-11(14-9-13-10)15-16-17(3)4/h9H,5-8H2,1-4H3,(H,13,14)/b16-15+. The molecule has 20 heavy (non-hydrogen) atoms. The van der Waals surface area contributed by atoms with Crippen molar-refractivity contribution in [1.82, 2.24) is 19.9 Å². The van der Waals surface area contributed by atoms with Crippen molar-refractivity contribution in [2.24, 2.45) is 10.3 Å². The van der Waals surface area contributed by atoms with E-state index in [9.17, 15) is 4.79 Å². The summed E-state index contributed by atoms with van der Waals surface area (Å²) in [4.78, 5) is 20.7. The number of hydrogen-bond donors (Lipinski definition) is 1. The summed E-state index contributed by atoms with van der Waals surface area (Å²) in [6.45, 7) is 7.05. The van der Waals surface area contributed by atoms with E-state index in [2.05, 4.69) is 39.1 Å². The Morgan fingerprint density at radius 3 is 2.70 bits per heavy atom. The molecular weight excluding hydrogens is 260 g/mol. The highest BCUT2D eigenvalue weighted by atomic mass is 16.5. The minimum absolute atomic E-state index is 0.218. The average Bonchev–Trinajstić information content (AvgIpc) is 2.89. The van der Waals surface area contributed by atoms with Crippen molar-refractivity contribution in [3.05, 3.63) is 12.0 Å². The van der Waals surface area contributed by atoms with Gasteiger partial charge in [-0.15, -0.1) is 5.11 Å². The van der Waals surface area contributed by atoms with E-state index >= 15 is 0 Å². The van der Waals surface area contributed by atoms with Gasteiger partial charge in [0.1, 0.15) is 6.61 Å². The van der Waals surface area contributed by atoms with E-state index in [1.165, 1.54) is 11.3 Å². The third-order valence-corrected chi connectivity index (χ3v) is 2.68. The van der Waals surface area contributed by atoms with Gasteiger partial charge in [0.05, 0.1) is 6.33 Å². The Hall–Kier alpha value is -1.96. The minimum Gasteiger partial charge on any atom is -0.460 e. The first-order valence-corrected chi connectivity index (χ1v) is 6.60. The predicted octanol–water partition coefficient (Wildman–Crippen LogP) is 1.47. The fourth-order valence-corrected chi connectivity index (χ4v) is 1.52. The number of nitrogens with zero attached hydrogens (tertiary/aromatic N) is 5. The summed E-state index contributed by atoms with van der Waals surface area (Å²) in [5, 5.41) is 9.18. The lowest BCUT2D eigenvalue weighted by Crippen LogP contribution is -2.28. The zero-order chi connectivity index (χ0) is 15.0. The molecule has 0 aliphatic carbocycles. The largest absolute Gasteiger partial charge is 0.460 e. The molecule has 0 unspecified atom stereocenters. The van der Waals surface area contributed by atoms with Crippen molar-refractivity contribution >= 4 is 11.8 Å². The first-order chi connectivity index (χ1) is 9.58. The maximum absolute atomic E-state index is 11.9. The van der Waals surface area contributed by atoms with Crippen LogP contribution >= 0.6 is 0 Å². The van der Waals surface area contributed by atoms with Crippen LogP contribution in [0.25, 0.3) is 0 Å². The molecule has 0 spiro atoms. The van der Waals surface area contributed by atoms with E-state index in [1.807, 2.05) is 0 Å². The Morgan fingerprint density at radius 1 is 1.40 bits per heavy atom. The lowest BCUT2D eigenvalue weighted by molar-refractivity contribution is 0.0461. The number of nitrogens with one attached hydrogen (secondary N) is 1. The fourth-order valence-electron chi connectivity index (χ4n) is 1.52. The summed E-state index contributed by atoms with van der Waals surface area (Å²) in [5.74, 6) is -0.242. The first-order valence-electron chi connectivity index (χ1n) is 6.60. The molecule has 0 saturated carbocycles. The number of carbonyl (C=O) groups excluding carboxylic acids is 1. The van der Waals surface area contributed by atoms with Gasteiger partial charge in [-0.25, -0.2) is 9.78 Å². The summed E-state index contributed by atoms with van der Waals surface area (Å²) in [6.07, 6.45) is 1.39. The number of aromatic nitrogens is 2. The molecule has 1 aromatic rings. The van der Waals surface area contributed by atoms with E-state index in [4.69, 9.17) is 4.74 Å². The molecule has 0 aromatic carbocycles. The summed E-state index contributed by atoms with van der Waals surface area (Å²) in [5.41, 5.74) is 0.218. The molecule has 1 rings (SSSR count). The maximum Gasteiger partial charge on any atom is 0.358 e. The lowest BCUT2D eigenvalue weighted by atomic mass is 10.4. The molecule has 8 nitrogen and oxygen atoms in total. The SMILES string of the molecule is CCN(CC)CCOC(=O)c1[nH]cnc1/N=N/N(C)C. The number of hydrogen-bond acceptors (Lipinski definition) is 6. The van der Waals surface area contributed by atoms with Gasteiger partial charge in [-0.05, 0) is 13.1 Å². The van der Waals surface area contributed by atoms with E-state index in [-0.39, 0.29) is 11.5 Å². The second-order valence-electron chi connectivity index (χ2n) is 4.30. The molecule has 0 atom stereocenters. The van der Waals surface area contributed by atoms with Crippen LogP contribution in [0.4, 0.5) is 5.82 Å². The van der Waals surface area contributed by atoms with Gasteiger partial charge in [-0.3, -0.25) is 5.01 Å². The molecule has 8 heteroatoms. The fraction of sp³-hybridized carbons (Fsp3) is 0.667. The molecule has 1 aromatic heterocycles. The van der Waals surface area contributed by atoms with E-state index in [0.29, 0.717) is 13.2 Å². The molecule has 0 saturated heterocycles. The van der Waals surface area contributed by atoms with Crippen molar-refractivity contribution in [2.45, 2.75) is 13.8 Å². The molecule has 0 amide bonds. The lowest BCUT2D eigenvalue weighted by Gasteiger charge is -2.17. The van der Waals surface area contributed by atoms with Gasteiger partial charge in [-0.1, -0.05) is 19.1 Å². The Morgan fingerprint density at radius 2 is 2.10 bits per heavy atom. The summed E-state index contributed by atoms with van der Waals surface area (Å²) >= 11 is 0. The molecule has 0 aliphatic heterocycles. The van der Waals surface area contributed by atoms with Gasteiger partial charge in [0.2, 0.25) is 5.82 Å². The van der Waals surface area contributed by atoms with Gasteiger partial charge < -0.3 is 14.6 Å². The van der Waals surface area contributed by atoms with Gasteiger partial charge in [0, 0.05) is 20.6 Å². The highest BCUT2D eigenvalue weighted by Crippen LogP contribution is 2.15. The zero-order valence-corrected chi connectivity index (χ0v) is 12.5. The zero-order valence-electron chi connectivity index (χ0n) is 12.5. The first kappa shape index (κ1) is 16.1. The van der Waals surface area contributed by atoms with Crippen LogP contribution in [0.3, 0.4) is 0 Å². The third kappa shape index (κ3) is 4.96. The Labute approximate surface area is 118 Å². The molecule has 112 valence electrons. The number of ether oxygens (including phenoxy) is 1. The van der Waals surface area contributed by atoms with Crippen molar-refractivity contribution in [3.63, 3.8) is 0 Å². The second kappa shape index (κ2) is 8.26. The van der Waals surface area contributed by atoms with Crippen LogP contribution in [0.5, 0.6) is 0 Å². The predicted molar refractivity (Wildman–Crippen MR) is 74.9 cm³/mol. The molecular formula is C12H22N6O2. The van der Waals surface area contributed by atoms with Crippen LogP contribution in [0.15, 0.2) is 16.7 Å². The number of esters is 1. The monoisotopic (exact) mass is 282 g/mol. The van der Waals surface area contributed by atoms with Gasteiger partial charge in [0.15, 0.2) is 5.69 Å². The molecule has 0 radical (unpaired) electrons. The van der Waals surface area contributed by atoms with Crippen LogP contribution in [-0.2, 0) is 4.74 Å². The van der Waals surface area contributed by atoms with Crippen molar-refractivity contribution in [3.8, 4) is 0 Å². The topological polar surface area (TPSA) is 86.2 Å². The van der Waals surface area contributed by atoms with E-state index < -0.39 is 5.97 Å². The summed E-state index contributed by atoms with van der Waals surface area (Å²) in [6, 6.07) is 0. The quantitative estimate of drug-likeness (QED) is 0.443. The van der Waals surface area contributed by atoms with Crippen LogP contribution in [0.2, 0.25) is 0 Å². The van der Waals surface area contributed by atoms with Gasteiger partial charge >= 0.3 is 5.97 Å². The molecule has 0 aliphatic rings. The molecule has 1 heterocycles. The van der Waals surface area contributed by atoms with Gasteiger partial charge in [0.25, 0.3) is 0 Å². The normalized spacial score (nSPS) is 11.2. The van der Waals surface area contributed by atoms with Crippen molar-refractivity contribution in [2.75, 3.05) is 40.3 Å². The number of likely N-dealkylation sites (N-methyl/N-ethyl adjacent to an activating group) is 1. The number of carbonyl (C=O) groups is 1. The molecule has 0 fully saturated rings. The third-order valence-electron chi connectivity index (χ3n) is 2.68. The number of H-pyrrole nitrogens is 1. The summed E-state index contributed by atoms with van der Waals surface area (Å²) in [7, 11) is 3.47. The second-order valence-corrected chi connectivity index (χ2v) is 4.30. The van der Waals surface area contributed by atoms with E-state index in [1.54, 1.807) is 14.1 Å². The number of aromatic amines is 1. The van der Waals surface area contributed by atoms with E-state index in [0.717, 1.165) is 13.1 Å². The van der Waals surface area contributed by atoms with Crippen LogP contribution in [0.1, 0.15) is 24.3 Å². The number of rotatable bonds is 8. The minimum atomic E-state index is -0.470. The Balaban J connectivity index is 2.54. The Bertz CT molecular complexity index is 439. The van der Waals surface area contributed by atoms with Crippen molar-refractivity contribution < 1.29 is 9.53 Å². The maximum atomic E-state index is 11.9. The average molecular weight is 282 g/mol. The summed E-state index contributed by atoms with van der Waals surface area (Å²) < 4.78 is 5.20. The molecule has 0 bridgehead atoms. The number of imidazole rings is 1. The van der Waals surface area contributed by atoms with Gasteiger partial charge in [-0.2, -0.15) is 0 Å². The van der Waals surface area contributed by atoms with Crippen molar-refractivity contribution in [1.29, 1.82) is 0 Å². The molecule has 1 N–H and O–H groups in total. The highest BCUT2D eigenvalue weighted by Gasteiger charge is 2.16. The van der Waals surface area contributed by atoms with Crippen LogP contribution in [0, 0.1) is 0 Å². The Kier molecular flexibility index (Phi) is 6.65. The smallest absolute Gasteiger partial charge is 0.358 e. The van der Waals surface area contributed by atoms with Crippen LogP contribution < -0.4 is 0 Å².